The molecule has 0 unspecified atom stereocenters. The predicted octanol–water partition coefficient (Wildman–Crippen LogP) is 4.34. The van der Waals surface area contributed by atoms with Crippen LogP contribution >= 0.6 is 11.6 Å². The van der Waals surface area contributed by atoms with Crippen LogP contribution in [-0.2, 0) is 4.79 Å². The van der Waals surface area contributed by atoms with E-state index in [1.54, 1.807) is 66.7 Å². The molecule has 1 heterocycles. The Kier molecular flexibility index (Phi) is 5.51. The van der Waals surface area contributed by atoms with Gasteiger partial charge in [0.2, 0.25) is 0 Å². The van der Waals surface area contributed by atoms with E-state index in [4.69, 9.17) is 16.0 Å². The number of furan rings is 1. The Bertz CT molecular complexity index is 935. The van der Waals surface area contributed by atoms with Crippen molar-refractivity contribution in [1.82, 2.24) is 5.32 Å². The summed E-state index contributed by atoms with van der Waals surface area (Å²) in [4.78, 5) is 25.1. The molecule has 3 aromatic rings. The van der Waals surface area contributed by atoms with Crippen molar-refractivity contribution in [3.63, 3.8) is 0 Å². The number of para-hydroxylation sites is 1. The van der Waals surface area contributed by atoms with Gasteiger partial charge in [0.05, 0.1) is 17.0 Å². The third-order valence-corrected chi connectivity index (χ3v) is 3.81. The van der Waals surface area contributed by atoms with Gasteiger partial charge in [-0.15, -0.1) is 0 Å². The number of amides is 2. The molecule has 0 spiro atoms. The lowest BCUT2D eigenvalue weighted by molar-refractivity contribution is -0.113. The molecule has 2 aromatic carbocycles. The molecule has 2 N–H and O–H groups in total. The van der Waals surface area contributed by atoms with E-state index in [9.17, 15) is 9.59 Å². The minimum Gasteiger partial charge on any atom is -0.465 e. The SMILES string of the molecule is O=C(Nc1ccccc1Cl)/C(=C\c1ccco1)NC(=O)c1ccccc1. The normalized spacial score (nSPS) is 11.0. The first-order valence-electron chi connectivity index (χ1n) is 7.81. The van der Waals surface area contributed by atoms with Crippen molar-refractivity contribution in [2.45, 2.75) is 0 Å². The summed E-state index contributed by atoms with van der Waals surface area (Å²) in [5.74, 6) is -0.487. The van der Waals surface area contributed by atoms with Crippen molar-refractivity contribution in [2.75, 3.05) is 5.32 Å². The van der Waals surface area contributed by atoms with Crippen LogP contribution in [0.4, 0.5) is 5.69 Å². The van der Waals surface area contributed by atoms with E-state index >= 15 is 0 Å². The van der Waals surface area contributed by atoms with Crippen LogP contribution in [0.2, 0.25) is 5.02 Å². The summed E-state index contributed by atoms with van der Waals surface area (Å²) in [5.41, 5.74) is 0.913. The number of hydrogen-bond donors (Lipinski definition) is 2. The van der Waals surface area contributed by atoms with Crippen molar-refractivity contribution < 1.29 is 14.0 Å². The lowest BCUT2D eigenvalue weighted by Gasteiger charge is -2.11. The second kappa shape index (κ2) is 8.18. The zero-order valence-corrected chi connectivity index (χ0v) is 14.4. The molecule has 6 heteroatoms. The van der Waals surface area contributed by atoms with Crippen LogP contribution in [0.1, 0.15) is 16.1 Å². The highest BCUT2D eigenvalue weighted by molar-refractivity contribution is 6.34. The van der Waals surface area contributed by atoms with E-state index in [1.165, 1.54) is 12.3 Å². The van der Waals surface area contributed by atoms with Crippen molar-refractivity contribution >= 4 is 35.2 Å². The summed E-state index contributed by atoms with van der Waals surface area (Å²) in [6.45, 7) is 0. The molecule has 0 saturated carbocycles. The molecule has 1 aromatic heterocycles. The van der Waals surface area contributed by atoms with Crippen LogP contribution in [0, 0.1) is 0 Å². The van der Waals surface area contributed by atoms with E-state index in [2.05, 4.69) is 10.6 Å². The number of anilines is 1. The molecule has 0 aliphatic carbocycles. The summed E-state index contributed by atoms with van der Waals surface area (Å²) in [6.07, 6.45) is 2.93. The third kappa shape index (κ3) is 4.40. The monoisotopic (exact) mass is 366 g/mol. The molecular formula is C20H15ClN2O3. The number of carbonyl (C=O) groups is 2. The highest BCUT2D eigenvalue weighted by Gasteiger charge is 2.16. The first kappa shape index (κ1) is 17.5. The van der Waals surface area contributed by atoms with Gasteiger partial charge < -0.3 is 15.1 Å². The van der Waals surface area contributed by atoms with Gasteiger partial charge in [0, 0.05) is 11.6 Å². The van der Waals surface area contributed by atoms with Gasteiger partial charge in [-0.1, -0.05) is 41.9 Å². The third-order valence-electron chi connectivity index (χ3n) is 3.48. The van der Waals surface area contributed by atoms with Crippen LogP contribution in [0.3, 0.4) is 0 Å². The molecule has 130 valence electrons. The van der Waals surface area contributed by atoms with Crippen LogP contribution in [0.5, 0.6) is 0 Å². The second-order valence-electron chi connectivity index (χ2n) is 5.33. The van der Waals surface area contributed by atoms with Crippen LogP contribution < -0.4 is 10.6 Å². The van der Waals surface area contributed by atoms with Crippen LogP contribution in [0.15, 0.2) is 83.1 Å². The molecule has 0 aliphatic heterocycles. The average Bonchev–Trinajstić information content (AvgIpc) is 3.17. The summed E-state index contributed by atoms with van der Waals surface area (Å²) in [6, 6.07) is 18.8. The number of hydrogen-bond acceptors (Lipinski definition) is 3. The van der Waals surface area contributed by atoms with Gasteiger partial charge in [-0.2, -0.15) is 0 Å². The maximum absolute atomic E-state index is 12.7. The first-order valence-corrected chi connectivity index (χ1v) is 8.19. The van der Waals surface area contributed by atoms with Crippen molar-refractivity contribution in [2.24, 2.45) is 0 Å². The molecule has 0 radical (unpaired) electrons. The summed E-state index contributed by atoms with van der Waals surface area (Å²) in [7, 11) is 0. The van der Waals surface area contributed by atoms with E-state index < -0.39 is 11.8 Å². The lowest BCUT2D eigenvalue weighted by atomic mass is 10.2. The van der Waals surface area contributed by atoms with E-state index in [0.29, 0.717) is 22.0 Å². The Hall–Kier alpha value is -3.31. The van der Waals surface area contributed by atoms with Gasteiger partial charge >= 0.3 is 0 Å². The number of benzene rings is 2. The maximum Gasteiger partial charge on any atom is 0.272 e. The van der Waals surface area contributed by atoms with Crippen molar-refractivity contribution in [3.8, 4) is 0 Å². The highest BCUT2D eigenvalue weighted by Crippen LogP contribution is 2.21. The quantitative estimate of drug-likeness (QED) is 0.660. The smallest absolute Gasteiger partial charge is 0.272 e. The number of rotatable bonds is 5. The molecule has 2 amide bonds. The van der Waals surface area contributed by atoms with Gasteiger partial charge in [-0.25, -0.2) is 0 Å². The minimum absolute atomic E-state index is 0.0359. The minimum atomic E-state index is -0.515. The maximum atomic E-state index is 12.7. The summed E-state index contributed by atoms with van der Waals surface area (Å²) >= 11 is 6.08. The van der Waals surface area contributed by atoms with Gasteiger partial charge in [0.25, 0.3) is 11.8 Å². The number of halogens is 1. The van der Waals surface area contributed by atoms with Crippen molar-refractivity contribution in [1.29, 1.82) is 0 Å². The zero-order chi connectivity index (χ0) is 18.4. The van der Waals surface area contributed by atoms with E-state index in [-0.39, 0.29) is 5.70 Å². The molecule has 0 bridgehead atoms. The fraction of sp³-hybridized carbons (Fsp3) is 0. The molecule has 3 rings (SSSR count). The first-order chi connectivity index (χ1) is 12.6. The Morgan fingerprint density at radius 1 is 0.923 bits per heavy atom. The zero-order valence-electron chi connectivity index (χ0n) is 13.6. The second-order valence-corrected chi connectivity index (χ2v) is 5.73. The largest absolute Gasteiger partial charge is 0.465 e. The summed E-state index contributed by atoms with van der Waals surface area (Å²) < 4.78 is 5.24. The molecule has 0 saturated heterocycles. The highest BCUT2D eigenvalue weighted by atomic mass is 35.5. The molecule has 0 fully saturated rings. The number of carbonyl (C=O) groups excluding carboxylic acids is 2. The molecule has 26 heavy (non-hydrogen) atoms. The van der Waals surface area contributed by atoms with Crippen molar-refractivity contribution in [3.05, 3.63) is 95.0 Å². The summed E-state index contributed by atoms with van der Waals surface area (Å²) in [5, 5.41) is 5.70. The fourth-order valence-electron chi connectivity index (χ4n) is 2.21. The Balaban J connectivity index is 1.85. The van der Waals surface area contributed by atoms with Gasteiger partial charge in [-0.05, 0) is 36.4 Å². The van der Waals surface area contributed by atoms with E-state index in [1.807, 2.05) is 0 Å². The Morgan fingerprint density at radius 3 is 2.35 bits per heavy atom. The molecule has 0 atom stereocenters. The van der Waals surface area contributed by atoms with Crippen LogP contribution in [0.25, 0.3) is 6.08 Å². The fourth-order valence-corrected chi connectivity index (χ4v) is 2.39. The standard InChI is InChI=1S/C20H15ClN2O3/c21-16-10-4-5-11-17(16)22-20(25)18(13-15-9-6-12-26-15)23-19(24)14-7-2-1-3-8-14/h1-13H,(H,22,25)(H,23,24)/b18-13+. The molecule has 0 aliphatic rings. The van der Waals surface area contributed by atoms with Gasteiger partial charge in [0.15, 0.2) is 0 Å². The number of nitrogens with one attached hydrogen (secondary N) is 2. The lowest BCUT2D eigenvalue weighted by Crippen LogP contribution is -2.30. The van der Waals surface area contributed by atoms with Crippen LogP contribution in [-0.4, -0.2) is 11.8 Å². The van der Waals surface area contributed by atoms with E-state index in [0.717, 1.165) is 0 Å². The molecular weight excluding hydrogens is 352 g/mol. The average molecular weight is 367 g/mol. The Morgan fingerprint density at radius 2 is 1.65 bits per heavy atom. The van der Waals surface area contributed by atoms with Gasteiger partial charge in [-0.3, -0.25) is 9.59 Å². The molecule has 5 nitrogen and oxygen atoms in total. The Labute approximate surface area is 155 Å². The predicted molar refractivity (Wildman–Crippen MR) is 101 cm³/mol. The topological polar surface area (TPSA) is 71.3 Å². The van der Waals surface area contributed by atoms with Gasteiger partial charge in [0.1, 0.15) is 11.5 Å².